The SMILES string of the molecule is CCCCc1ccc(-c2ccc(C(=O)NCCC(=O)N3CC(N)CC3C(=O)NC(C(=O)NC(CC)C(=O)NC(CCCCN)C(=O)NC(C)B(O)O)C(C)O)cc2)cc1. The van der Waals surface area contributed by atoms with Gasteiger partial charge >= 0.3 is 7.12 Å². The molecule has 0 saturated carbocycles. The van der Waals surface area contributed by atoms with E-state index in [2.05, 4.69) is 57.8 Å². The summed E-state index contributed by atoms with van der Waals surface area (Å²) in [7, 11) is -1.83. The van der Waals surface area contributed by atoms with Gasteiger partial charge in [-0.25, -0.2) is 0 Å². The molecule has 59 heavy (non-hydrogen) atoms. The highest BCUT2D eigenvalue weighted by Crippen LogP contribution is 2.22. The Balaban J connectivity index is 1.57. The first-order valence-electron chi connectivity index (χ1n) is 20.6. The van der Waals surface area contributed by atoms with E-state index in [-0.39, 0.29) is 44.7 Å². The number of nitrogens with two attached hydrogens (primary N) is 2. The summed E-state index contributed by atoms with van der Waals surface area (Å²) in [6.45, 7) is 6.86. The van der Waals surface area contributed by atoms with Crippen molar-refractivity contribution in [2.24, 2.45) is 11.5 Å². The number of likely N-dealkylation sites (tertiary alicyclic amines) is 1. The van der Waals surface area contributed by atoms with Crippen LogP contribution in [0.2, 0.25) is 0 Å². The van der Waals surface area contributed by atoms with Gasteiger partial charge in [0, 0.05) is 31.1 Å². The predicted molar refractivity (Wildman–Crippen MR) is 224 cm³/mol. The number of carbonyl (C=O) groups is 6. The number of hydrogen-bond acceptors (Lipinski definition) is 11. The van der Waals surface area contributed by atoms with Gasteiger partial charge in [-0.2, -0.15) is 0 Å². The normalized spacial score (nSPS) is 17.5. The average Bonchev–Trinajstić information content (AvgIpc) is 3.62. The second-order valence-corrected chi connectivity index (χ2v) is 15.2. The van der Waals surface area contributed by atoms with Gasteiger partial charge in [0.05, 0.1) is 12.0 Å². The van der Waals surface area contributed by atoms with Crippen molar-refractivity contribution in [3.8, 4) is 11.1 Å². The number of nitrogens with one attached hydrogen (secondary N) is 5. The number of amides is 6. The zero-order valence-corrected chi connectivity index (χ0v) is 34.6. The summed E-state index contributed by atoms with van der Waals surface area (Å²) in [5.41, 5.74) is 15.4. The van der Waals surface area contributed by atoms with Crippen molar-refractivity contribution in [2.45, 2.75) is 128 Å². The van der Waals surface area contributed by atoms with Gasteiger partial charge < -0.3 is 58.1 Å². The number of benzene rings is 2. The van der Waals surface area contributed by atoms with E-state index in [0.717, 1.165) is 30.4 Å². The topological polar surface area (TPSA) is 279 Å². The molecule has 1 aliphatic heterocycles. The van der Waals surface area contributed by atoms with Crippen molar-refractivity contribution < 1.29 is 43.9 Å². The molecule has 6 amide bonds. The number of carbonyl (C=O) groups excluding carboxylic acids is 6. The molecule has 18 heteroatoms. The highest BCUT2D eigenvalue weighted by molar-refractivity contribution is 6.43. The molecule has 1 saturated heterocycles. The highest BCUT2D eigenvalue weighted by Gasteiger charge is 2.40. The maximum Gasteiger partial charge on any atom is 0.475 e. The van der Waals surface area contributed by atoms with Gasteiger partial charge in [-0.3, -0.25) is 28.8 Å². The number of aliphatic hydroxyl groups is 1. The number of unbranched alkanes of at least 4 members (excludes halogenated alkanes) is 2. The monoisotopic (exact) mass is 822 g/mol. The molecule has 1 heterocycles. The van der Waals surface area contributed by atoms with Crippen LogP contribution in [0, 0.1) is 0 Å². The fourth-order valence-corrected chi connectivity index (χ4v) is 6.68. The maximum absolute atomic E-state index is 13.6. The zero-order valence-electron chi connectivity index (χ0n) is 34.6. The van der Waals surface area contributed by atoms with Crippen molar-refractivity contribution in [1.82, 2.24) is 31.5 Å². The van der Waals surface area contributed by atoms with Crippen molar-refractivity contribution in [3.05, 3.63) is 59.7 Å². The summed E-state index contributed by atoms with van der Waals surface area (Å²) in [6.07, 6.45) is 3.17. The Morgan fingerprint density at radius 2 is 1.44 bits per heavy atom. The quantitative estimate of drug-likeness (QED) is 0.0510. The first-order valence-corrected chi connectivity index (χ1v) is 20.6. The van der Waals surface area contributed by atoms with E-state index in [1.54, 1.807) is 19.1 Å². The van der Waals surface area contributed by atoms with E-state index >= 15 is 0 Å². The van der Waals surface area contributed by atoms with Gasteiger partial charge in [0.1, 0.15) is 24.2 Å². The average molecular weight is 823 g/mol. The van der Waals surface area contributed by atoms with Crippen molar-refractivity contribution in [2.75, 3.05) is 19.6 Å². The van der Waals surface area contributed by atoms with Crippen molar-refractivity contribution in [3.63, 3.8) is 0 Å². The van der Waals surface area contributed by atoms with Crippen LogP contribution in [0.5, 0.6) is 0 Å². The summed E-state index contributed by atoms with van der Waals surface area (Å²) in [5, 5.41) is 42.1. The number of nitrogens with zero attached hydrogens (tertiary/aromatic N) is 1. The fraction of sp³-hybridized carbons (Fsp3) is 0.561. The van der Waals surface area contributed by atoms with Crippen LogP contribution in [-0.2, 0) is 30.4 Å². The molecule has 324 valence electrons. The Bertz CT molecular complexity index is 1700. The summed E-state index contributed by atoms with van der Waals surface area (Å²) in [4.78, 5) is 80.7. The molecule has 0 aromatic heterocycles. The Hall–Kier alpha value is -4.88. The second kappa shape index (κ2) is 24.3. The molecule has 17 nitrogen and oxygen atoms in total. The summed E-state index contributed by atoms with van der Waals surface area (Å²) in [6, 6.07) is 10.1. The third-order valence-corrected chi connectivity index (χ3v) is 10.3. The van der Waals surface area contributed by atoms with Crippen LogP contribution in [0.25, 0.3) is 11.1 Å². The lowest BCUT2D eigenvalue weighted by molar-refractivity contribution is -0.140. The fourth-order valence-electron chi connectivity index (χ4n) is 6.68. The Labute approximate surface area is 346 Å². The molecule has 1 fully saturated rings. The van der Waals surface area contributed by atoms with E-state index in [4.69, 9.17) is 11.5 Å². The van der Waals surface area contributed by atoms with E-state index < -0.39 is 78.9 Å². The molecule has 2 aromatic rings. The lowest BCUT2D eigenvalue weighted by Crippen LogP contribution is -2.60. The third kappa shape index (κ3) is 15.0. The Kier molecular flexibility index (Phi) is 19.9. The lowest BCUT2D eigenvalue weighted by Gasteiger charge is -2.28. The van der Waals surface area contributed by atoms with E-state index in [1.807, 2.05) is 12.1 Å². The van der Waals surface area contributed by atoms with Gasteiger partial charge in [0.2, 0.25) is 29.5 Å². The summed E-state index contributed by atoms with van der Waals surface area (Å²) < 4.78 is 0. The van der Waals surface area contributed by atoms with Crippen LogP contribution in [0.1, 0.15) is 95.0 Å². The minimum atomic E-state index is -1.83. The predicted octanol–water partition coefficient (Wildman–Crippen LogP) is -0.365. The molecule has 0 aliphatic carbocycles. The molecular weight excluding hydrogens is 759 g/mol. The molecular formula is C41H63BN8O9. The molecule has 1 aliphatic rings. The third-order valence-electron chi connectivity index (χ3n) is 10.3. The van der Waals surface area contributed by atoms with Crippen molar-refractivity contribution >= 4 is 42.6 Å². The van der Waals surface area contributed by atoms with E-state index in [1.165, 1.54) is 24.3 Å². The minimum Gasteiger partial charge on any atom is -0.426 e. The van der Waals surface area contributed by atoms with Crippen LogP contribution in [-0.4, -0.2) is 125 Å². The van der Waals surface area contributed by atoms with E-state index in [9.17, 15) is 43.9 Å². The van der Waals surface area contributed by atoms with Gasteiger partial charge in [0.25, 0.3) is 5.91 Å². The smallest absolute Gasteiger partial charge is 0.426 e. The first kappa shape index (κ1) is 48.5. The van der Waals surface area contributed by atoms with Gasteiger partial charge in [-0.15, -0.1) is 0 Å². The van der Waals surface area contributed by atoms with Crippen LogP contribution in [0.3, 0.4) is 0 Å². The molecule has 12 N–H and O–H groups in total. The number of rotatable bonds is 23. The Morgan fingerprint density at radius 3 is 2.02 bits per heavy atom. The molecule has 7 atom stereocenters. The first-order chi connectivity index (χ1) is 28.1. The molecule has 3 rings (SSSR count). The van der Waals surface area contributed by atoms with Gasteiger partial charge in [-0.1, -0.05) is 56.7 Å². The lowest BCUT2D eigenvalue weighted by atomic mass is 9.81. The number of hydrogen-bond donors (Lipinski definition) is 10. The molecule has 7 unspecified atom stereocenters. The standard InChI is InChI=1S/C41H63BN8O9/c1-5-7-10-27-12-14-28(15-13-27)29-16-18-30(19-17-29)37(53)45-22-20-35(52)50-24-31(44)23-34(50)40(56)49-36(25(3)51)41(57)47-32(6-2)38(54)48-33(11-8-9-21-43)39(55)46-26(4)42(58)59/h12-19,25-26,31-34,36,51,58-59H,5-11,20-24,43-44H2,1-4H3,(H,45,53)(H,46,55)(H,47,57)(H,48,54)(H,49,56). The molecule has 2 aromatic carbocycles. The van der Waals surface area contributed by atoms with E-state index in [0.29, 0.717) is 24.9 Å². The minimum absolute atomic E-state index is 0.00412. The second-order valence-electron chi connectivity index (χ2n) is 15.2. The Morgan fingerprint density at radius 1 is 0.831 bits per heavy atom. The molecule has 0 radical (unpaired) electrons. The molecule has 0 bridgehead atoms. The maximum atomic E-state index is 13.6. The van der Waals surface area contributed by atoms with Crippen molar-refractivity contribution in [1.29, 1.82) is 0 Å². The number of aliphatic hydroxyl groups excluding tert-OH is 1. The largest absolute Gasteiger partial charge is 0.475 e. The highest BCUT2D eigenvalue weighted by atomic mass is 16.4. The zero-order chi connectivity index (χ0) is 43.6. The van der Waals surface area contributed by atoms with Crippen LogP contribution >= 0.6 is 0 Å². The van der Waals surface area contributed by atoms with Crippen LogP contribution in [0.15, 0.2) is 48.5 Å². The van der Waals surface area contributed by atoms with Crippen LogP contribution in [0.4, 0.5) is 0 Å². The summed E-state index contributed by atoms with van der Waals surface area (Å²) >= 11 is 0. The van der Waals surface area contributed by atoms with Gasteiger partial charge in [0.15, 0.2) is 0 Å². The van der Waals surface area contributed by atoms with Gasteiger partial charge in [-0.05, 0) is 94.2 Å². The summed E-state index contributed by atoms with van der Waals surface area (Å²) in [5.74, 6) is -4.81. The molecule has 0 spiro atoms. The van der Waals surface area contributed by atoms with Crippen LogP contribution < -0.4 is 38.1 Å². The number of aryl methyl sites for hydroxylation is 1.